The highest BCUT2D eigenvalue weighted by atomic mass is 32.1. The standard InChI is InChI=1S/C39H61NS/c1-8-12-34(13-9-2)18-19-35-20-22-36(23-21-35)24-25-38(17-10-14-30(4)37-15-11-16-37)33(7)39(40)32(6)28-31(5)29(3)26-27-41/h14,20-23,26-28,33-34,37-38,40-41H,8-13,15-19,24-25H2,1-7H3/b27-26-,30-14+,31-29+,32-28+,40-39?/t33-,38?/m0/s1. The maximum absolute atomic E-state index is 9.11. The lowest BCUT2D eigenvalue weighted by Crippen LogP contribution is -2.22. The average Bonchev–Trinajstić information content (AvgIpc) is 2.92. The van der Waals surface area contributed by atoms with Crippen LogP contribution in [0, 0.1) is 29.1 Å². The predicted octanol–water partition coefficient (Wildman–Crippen LogP) is 12.3. The molecule has 0 saturated heterocycles. The first-order valence-corrected chi connectivity index (χ1v) is 17.2. The topological polar surface area (TPSA) is 23.9 Å². The fraction of sp³-hybridized carbons (Fsp3) is 0.615. The van der Waals surface area contributed by atoms with E-state index in [4.69, 9.17) is 5.41 Å². The summed E-state index contributed by atoms with van der Waals surface area (Å²) in [6, 6.07) is 9.49. The van der Waals surface area contributed by atoms with Gasteiger partial charge in [0.25, 0.3) is 0 Å². The van der Waals surface area contributed by atoms with Crippen molar-refractivity contribution < 1.29 is 0 Å². The summed E-state index contributed by atoms with van der Waals surface area (Å²) in [6.45, 7) is 15.6. The van der Waals surface area contributed by atoms with Crippen LogP contribution in [0.5, 0.6) is 0 Å². The van der Waals surface area contributed by atoms with Crippen LogP contribution in [-0.2, 0) is 12.8 Å². The number of hydrogen-bond donors (Lipinski definition) is 2. The van der Waals surface area contributed by atoms with Crippen LogP contribution >= 0.6 is 12.6 Å². The summed E-state index contributed by atoms with van der Waals surface area (Å²) >= 11 is 4.22. The number of aryl methyl sites for hydroxylation is 2. The van der Waals surface area contributed by atoms with E-state index >= 15 is 0 Å². The van der Waals surface area contributed by atoms with Crippen molar-refractivity contribution in [1.29, 1.82) is 5.41 Å². The van der Waals surface area contributed by atoms with Crippen molar-refractivity contribution in [1.82, 2.24) is 0 Å². The number of benzene rings is 1. The van der Waals surface area contributed by atoms with Gasteiger partial charge in [0.05, 0.1) is 0 Å². The van der Waals surface area contributed by atoms with Crippen LogP contribution in [0.4, 0.5) is 0 Å². The first-order valence-electron chi connectivity index (χ1n) is 16.7. The Morgan fingerprint density at radius 2 is 1.46 bits per heavy atom. The molecule has 0 aromatic heterocycles. The molecule has 0 aliphatic heterocycles. The molecule has 1 aliphatic rings. The van der Waals surface area contributed by atoms with Gasteiger partial charge in [0.15, 0.2) is 0 Å². The van der Waals surface area contributed by atoms with E-state index in [-0.39, 0.29) is 5.92 Å². The number of nitrogens with one attached hydrogen (secondary N) is 1. The molecule has 0 spiro atoms. The largest absolute Gasteiger partial charge is 0.305 e. The second kappa shape index (κ2) is 19.4. The summed E-state index contributed by atoms with van der Waals surface area (Å²) in [5.41, 5.74) is 8.80. The summed E-state index contributed by atoms with van der Waals surface area (Å²) in [4.78, 5) is 0. The Hall–Kier alpha value is -1.80. The van der Waals surface area contributed by atoms with Gasteiger partial charge in [0.1, 0.15) is 0 Å². The maximum atomic E-state index is 9.11. The van der Waals surface area contributed by atoms with E-state index in [9.17, 15) is 0 Å². The molecular formula is C39H61NS. The van der Waals surface area contributed by atoms with Gasteiger partial charge in [-0.15, -0.1) is 0 Å². The first kappa shape index (κ1) is 35.4. The van der Waals surface area contributed by atoms with Crippen LogP contribution in [0.25, 0.3) is 0 Å². The van der Waals surface area contributed by atoms with Crippen LogP contribution in [0.1, 0.15) is 130 Å². The zero-order valence-corrected chi connectivity index (χ0v) is 28.5. The maximum Gasteiger partial charge on any atom is 0.0374 e. The lowest BCUT2D eigenvalue weighted by molar-refractivity contribution is 0.362. The van der Waals surface area contributed by atoms with Gasteiger partial charge < -0.3 is 5.41 Å². The van der Waals surface area contributed by atoms with Crippen LogP contribution in [0.2, 0.25) is 0 Å². The van der Waals surface area contributed by atoms with Crippen molar-refractivity contribution >= 4 is 18.3 Å². The van der Waals surface area contributed by atoms with E-state index in [1.165, 1.54) is 80.1 Å². The Kier molecular flexibility index (Phi) is 16.7. The van der Waals surface area contributed by atoms with Gasteiger partial charge in [-0.2, -0.15) is 12.6 Å². The SMILES string of the molecule is CCCC(CCC)CCc1ccc(CCC(CC/C=C(\C)C2CCC2)[C@H](C)C(=N)/C(C)=C/C(C)=C(C)/C=C\S)cc1. The van der Waals surface area contributed by atoms with Crippen LogP contribution < -0.4 is 0 Å². The highest BCUT2D eigenvalue weighted by Crippen LogP contribution is 2.34. The fourth-order valence-corrected chi connectivity index (χ4v) is 6.62. The van der Waals surface area contributed by atoms with Gasteiger partial charge in [-0.3, -0.25) is 0 Å². The monoisotopic (exact) mass is 575 g/mol. The number of rotatable bonds is 19. The van der Waals surface area contributed by atoms with Crippen LogP contribution in [0.15, 0.2) is 70.2 Å². The molecule has 1 unspecified atom stereocenters. The first-order chi connectivity index (χ1) is 19.7. The van der Waals surface area contributed by atoms with E-state index in [0.29, 0.717) is 5.92 Å². The van der Waals surface area contributed by atoms with Crippen molar-refractivity contribution in [2.75, 3.05) is 0 Å². The van der Waals surface area contributed by atoms with Gasteiger partial charge in [0, 0.05) is 11.6 Å². The van der Waals surface area contributed by atoms with Crippen molar-refractivity contribution in [3.63, 3.8) is 0 Å². The molecule has 1 aliphatic carbocycles. The lowest BCUT2D eigenvalue weighted by Gasteiger charge is -2.27. The summed E-state index contributed by atoms with van der Waals surface area (Å²) in [7, 11) is 0. The minimum Gasteiger partial charge on any atom is -0.305 e. The number of allylic oxidation sites excluding steroid dienone is 7. The molecule has 1 aromatic carbocycles. The molecule has 2 rings (SSSR count). The van der Waals surface area contributed by atoms with E-state index in [1.807, 2.05) is 6.08 Å². The van der Waals surface area contributed by atoms with Crippen molar-refractivity contribution in [3.05, 3.63) is 81.3 Å². The molecule has 2 atom stereocenters. The molecule has 1 N–H and O–H groups in total. The highest BCUT2D eigenvalue weighted by molar-refractivity contribution is 7.83. The Labute approximate surface area is 260 Å². The molecule has 1 nitrogen and oxygen atoms in total. The Bertz CT molecular complexity index is 1030. The summed E-state index contributed by atoms with van der Waals surface area (Å²) in [5.74, 6) is 2.45. The molecule has 41 heavy (non-hydrogen) atoms. The van der Waals surface area contributed by atoms with Gasteiger partial charge >= 0.3 is 0 Å². The van der Waals surface area contributed by atoms with Crippen molar-refractivity contribution in [2.24, 2.45) is 23.7 Å². The molecule has 0 heterocycles. The van der Waals surface area contributed by atoms with Crippen molar-refractivity contribution in [2.45, 2.75) is 132 Å². The zero-order chi connectivity index (χ0) is 30.2. The third-order valence-electron chi connectivity index (χ3n) is 9.78. The molecule has 0 radical (unpaired) electrons. The smallest absolute Gasteiger partial charge is 0.0374 e. The fourth-order valence-electron chi connectivity index (χ4n) is 6.40. The minimum absolute atomic E-state index is 0.241. The van der Waals surface area contributed by atoms with E-state index in [0.717, 1.165) is 48.8 Å². The molecule has 1 aromatic rings. The Balaban J connectivity index is 2.08. The lowest BCUT2D eigenvalue weighted by atomic mass is 9.78. The summed E-state index contributed by atoms with van der Waals surface area (Å²) < 4.78 is 0. The van der Waals surface area contributed by atoms with Gasteiger partial charge in [-0.1, -0.05) is 101 Å². The van der Waals surface area contributed by atoms with Crippen molar-refractivity contribution in [3.8, 4) is 0 Å². The predicted molar refractivity (Wildman–Crippen MR) is 187 cm³/mol. The molecular weight excluding hydrogens is 515 g/mol. The summed E-state index contributed by atoms with van der Waals surface area (Å²) in [6.07, 6.45) is 23.2. The Morgan fingerprint density at radius 1 is 0.878 bits per heavy atom. The second-order valence-electron chi connectivity index (χ2n) is 13.0. The van der Waals surface area contributed by atoms with E-state index < -0.39 is 0 Å². The quantitative estimate of drug-likeness (QED) is 0.0709. The third kappa shape index (κ3) is 12.5. The Morgan fingerprint density at radius 3 is 1.98 bits per heavy atom. The minimum atomic E-state index is 0.241. The number of thiol groups is 1. The van der Waals surface area contributed by atoms with Crippen LogP contribution in [0.3, 0.4) is 0 Å². The average molecular weight is 576 g/mol. The second-order valence-corrected chi connectivity index (χ2v) is 13.3. The normalized spacial score (nSPS) is 17.1. The molecule has 2 heteroatoms. The van der Waals surface area contributed by atoms with Gasteiger partial charge in [-0.25, -0.2) is 0 Å². The molecule has 1 saturated carbocycles. The summed E-state index contributed by atoms with van der Waals surface area (Å²) in [5, 5.41) is 10.9. The molecule has 228 valence electrons. The molecule has 1 fully saturated rings. The van der Waals surface area contributed by atoms with Crippen LogP contribution in [-0.4, -0.2) is 5.71 Å². The zero-order valence-electron chi connectivity index (χ0n) is 27.6. The number of hydrogen-bond acceptors (Lipinski definition) is 2. The van der Waals surface area contributed by atoms with E-state index in [1.54, 1.807) is 11.0 Å². The molecule has 0 bridgehead atoms. The molecule has 0 amide bonds. The van der Waals surface area contributed by atoms with Gasteiger partial charge in [-0.05, 0) is 130 Å². The van der Waals surface area contributed by atoms with Gasteiger partial charge in [0.2, 0.25) is 0 Å². The highest BCUT2D eigenvalue weighted by Gasteiger charge is 2.23. The van der Waals surface area contributed by atoms with E-state index in [2.05, 4.69) is 97.5 Å². The third-order valence-corrected chi connectivity index (χ3v) is 9.93.